The number of hydrogen-bond acceptors (Lipinski definition) is 4. The summed E-state index contributed by atoms with van der Waals surface area (Å²) in [5.74, 6) is -1.44. The predicted octanol–water partition coefficient (Wildman–Crippen LogP) is 1.90. The number of rotatable bonds is 4. The standard InChI is InChI=1S/C21H22F2N4O2/c1-11(20(28)27-16(8-24)2-12-3-18(12)27)9-25-10-17-7-19(25)21(29)26(17)15-5-13(22)4-14(23)6-15/h4-6,11-12,16-19H,2-3,7,9-10H2,1H3/t11-,12+,16-,17+,18?,19+/m0/s1. The van der Waals surface area contributed by atoms with E-state index < -0.39 is 11.6 Å². The minimum Gasteiger partial charge on any atom is -0.323 e. The largest absolute Gasteiger partial charge is 0.323 e. The molecule has 29 heavy (non-hydrogen) atoms. The summed E-state index contributed by atoms with van der Waals surface area (Å²) in [4.78, 5) is 31.1. The fourth-order valence-electron chi connectivity index (χ4n) is 5.46. The number of carbonyl (C=O) groups is 2. The summed E-state index contributed by atoms with van der Waals surface area (Å²) >= 11 is 0. The van der Waals surface area contributed by atoms with Crippen LogP contribution < -0.4 is 4.90 Å². The number of anilines is 1. The molecule has 2 bridgehead atoms. The van der Waals surface area contributed by atoms with E-state index in [0.717, 1.165) is 18.9 Å². The zero-order valence-electron chi connectivity index (χ0n) is 16.1. The molecule has 3 aliphatic heterocycles. The molecule has 3 saturated heterocycles. The summed E-state index contributed by atoms with van der Waals surface area (Å²) < 4.78 is 27.2. The summed E-state index contributed by atoms with van der Waals surface area (Å²) in [6.45, 7) is 2.87. The molecule has 5 rings (SSSR count). The number of piperidine rings is 1. The number of fused-ring (bicyclic) bond motifs is 3. The number of nitriles is 1. The van der Waals surface area contributed by atoms with Gasteiger partial charge in [0.2, 0.25) is 11.8 Å². The van der Waals surface area contributed by atoms with E-state index in [1.165, 1.54) is 17.0 Å². The Balaban J connectivity index is 1.26. The maximum Gasteiger partial charge on any atom is 0.244 e. The van der Waals surface area contributed by atoms with Gasteiger partial charge >= 0.3 is 0 Å². The van der Waals surface area contributed by atoms with Gasteiger partial charge in [-0.2, -0.15) is 5.26 Å². The molecular formula is C21H22F2N4O2. The van der Waals surface area contributed by atoms with Crippen LogP contribution in [0.1, 0.15) is 26.2 Å². The van der Waals surface area contributed by atoms with Crippen LogP contribution in [0.2, 0.25) is 0 Å². The van der Waals surface area contributed by atoms with Crippen LogP contribution in [-0.4, -0.2) is 58.9 Å². The van der Waals surface area contributed by atoms with Crippen molar-refractivity contribution in [3.63, 3.8) is 0 Å². The summed E-state index contributed by atoms with van der Waals surface area (Å²) in [5.41, 5.74) is 0.248. The van der Waals surface area contributed by atoms with E-state index in [1.54, 1.807) is 4.90 Å². The van der Waals surface area contributed by atoms with Gasteiger partial charge in [-0.1, -0.05) is 6.92 Å². The van der Waals surface area contributed by atoms with E-state index in [0.29, 0.717) is 25.4 Å². The first-order valence-electron chi connectivity index (χ1n) is 10.1. The molecule has 0 N–H and O–H groups in total. The SMILES string of the molecule is C[C@@H](CN1C[C@H]2C[C@@H]1C(=O)N2c1cc(F)cc(F)c1)C(=O)N1C2C[C@H]2C[C@H]1C#N. The molecule has 1 aliphatic carbocycles. The van der Waals surface area contributed by atoms with E-state index in [9.17, 15) is 23.6 Å². The number of carbonyl (C=O) groups excluding carboxylic acids is 2. The molecule has 4 aliphatic rings. The second-order valence-corrected chi connectivity index (χ2v) is 8.79. The highest BCUT2D eigenvalue weighted by molar-refractivity contribution is 6.01. The number of nitrogens with zero attached hydrogens (tertiary/aromatic N) is 4. The lowest BCUT2D eigenvalue weighted by Gasteiger charge is -2.35. The number of likely N-dealkylation sites (tertiary alicyclic amines) is 2. The first-order valence-corrected chi connectivity index (χ1v) is 10.1. The molecule has 1 saturated carbocycles. The zero-order chi connectivity index (χ0) is 20.4. The van der Waals surface area contributed by atoms with Gasteiger partial charge < -0.3 is 9.80 Å². The minimum atomic E-state index is -0.706. The monoisotopic (exact) mass is 400 g/mol. The Labute approximate surface area is 167 Å². The van der Waals surface area contributed by atoms with Gasteiger partial charge in [0.15, 0.2) is 0 Å². The third-order valence-electron chi connectivity index (χ3n) is 6.83. The Morgan fingerprint density at radius 3 is 2.62 bits per heavy atom. The Bertz CT molecular complexity index is 911. The smallest absolute Gasteiger partial charge is 0.244 e. The first-order chi connectivity index (χ1) is 13.9. The molecule has 8 heteroatoms. The number of amides is 2. The third kappa shape index (κ3) is 2.91. The zero-order valence-corrected chi connectivity index (χ0v) is 16.1. The van der Waals surface area contributed by atoms with Crippen LogP contribution in [0.5, 0.6) is 0 Å². The van der Waals surface area contributed by atoms with Crippen LogP contribution in [0.15, 0.2) is 18.2 Å². The fraction of sp³-hybridized carbons (Fsp3) is 0.571. The number of piperazine rings is 1. The summed E-state index contributed by atoms with van der Waals surface area (Å²) in [6, 6.07) is 4.75. The summed E-state index contributed by atoms with van der Waals surface area (Å²) in [6.07, 6.45) is 2.35. The molecule has 1 aromatic carbocycles. The van der Waals surface area contributed by atoms with Gasteiger partial charge in [-0.3, -0.25) is 14.5 Å². The van der Waals surface area contributed by atoms with Gasteiger partial charge in [0, 0.05) is 36.8 Å². The highest BCUT2D eigenvalue weighted by atomic mass is 19.1. The highest BCUT2D eigenvalue weighted by Gasteiger charge is 2.55. The third-order valence-corrected chi connectivity index (χ3v) is 6.83. The highest BCUT2D eigenvalue weighted by Crippen LogP contribution is 2.48. The average Bonchev–Trinajstić information content (AvgIpc) is 3.01. The van der Waals surface area contributed by atoms with Crippen LogP contribution in [0.3, 0.4) is 0 Å². The topological polar surface area (TPSA) is 67.7 Å². The van der Waals surface area contributed by atoms with Crippen molar-refractivity contribution in [2.75, 3.05) is 18.0 Å². The van der Waals surface area contributed by atoms with Crippen molar-refractivity contribution < 1.29 is 18.4 Å². The molecule has 0 aromatic heterocycles. The molecule has 2 amide bonds. The van der Waals surface area contributed by atoms with Crippen LogP contribution in [0.4, 0.5) is 14.5 Å². The van der Waals surface area contributed by atoms with Gasteiger partial charge in [-0.05, 0) is 37.3 Å². The van der Waals surface area contributed by atoms with Crippen LogP contribution in [-0.2, 0) is 9.59 Å². The van der Waals surface area contributed by atoms with Crippen molar-refractivity contribution in [2.45, 2.75) is 50.4 Å². The van der Waals surface area contributed by atoms with Gasteiger partial charge in [0.25, 0.3) is 0 Å². The lowest BCUT2D eigenvalue weighted by molar-refractivity contribution is -0.137. The van der Waals surface area contributed by atoms with Crippen molar-refractivity contribution in [1.29, 1.82) is 5.26 Å². The van der Waals surface area contributed by atoms with Gasteiger partial charge in [-0.25, -0.2) is 8.78 Å². The molecule has 3 heterocycles. The maximum atomic E-state index is 13.6. The number of halogens is 2. The number of benzene rings is 1. The molecule has 6 nitrogen and oxygen atoms in total. The molecular weight excluding hydrogens is 378 g/mol. The van der Waals surface area contributed by atoms with Crippen molar-refractivity contribution in [2.24, 2.45) is 11.8 Å². The Kier molecular flexibility index (Phi) is 4.14. The van der Waals surface area contributed by atoms with Gasteiger partial charge in [0.05, 0.1) is 18.2 Å². The normalized spacial score (nSPS) is 33.7. The van der Waals surface area contributed by atoms with E-state index in [2.05, 4.69) is 6.07 Å². The molecule has 1 unspecified atom stereocenters. The Hall–Kier alpha value is -2.53. The maximum absolute atomic E-state index is 13.6. The van der Waals surface area contributed by atoms with E-state index in [1.807, 2.05) is 11.8 Å². The van der Waals surface area contributed by atoms with Crippen LogP contribution in [0.25, 0.3) is 0 Å². The van der Waals surface area contributed by atoms with Gasteiger partial charge in [0.1, 0.15) is 17.7 Å². The predicted molar refractivity (Wildman–Crippen MR) is 99.5 cm³/mol. The molecule has 6 atom stereocenters. The fourth-order valence-corrected chi connectivity index (χ4v) is 5.46. The first kappa shape index (κ1) is 18.5. The Morgan fingerprint density at radius 1 is 1.24 bits per heavy atom. The van der Waals surface area contributed by atoms with Crippen molar-refractivity contribution in [3.8, 4) is 6.07 Å². The van der Waals surface area contributed by atoms with Crippen molar-refractivity contribution in [3.05, 3.63) is 29.8 Å². The number of hydrogen-bond donors (Lipinski definition) is 0. The minimum absolute atomic E-state index is 0.0131. The van der Waals surface area contributed by atoms with E-state index in [-0.39, 0.29) is 47.6 Å². The molecule has 0 radical (unpaired) electrons. The Morgan fingerprint density at radius 2 is 1.97 bits per heavy atom. The second kappa shape index (κ2) is 6.49. The summed E-state index contributed by atoms with van der Waals surface area (Å²) in [7, 11) is 0. The molecule has 1 aromatic rings. The second-order valence-electron chi connectivity index (χ2n) is 8.79. The van der Waals surface area contributed by atoms with Crippen molar-refractivity contribution in [1.82, 2.24) is 9.80 Å². The van der Waals surface area contributed by atoms with E-state index >= 15 is 0 Å². The van der Waals surface area contributed by atoms with Gasteiger partial charge in [-0.15, -0.1) is 0 Å². The lowest BCUT2D eigenvalue weighted by atomic mass is 10.1. The molecule has 152 valence electrons. The quantitative estimate of drug-likeness (QED) is 0.774. The van der Waals surface area contributed by atoms with E-state index in [4.69, 9.17) is 0 Å². The van der Waals surface area contributed by atoms with Crippen molar-refractivity contribution >= 4 is 17.5 Å². The van der Waals surface area contributed by atoms with Crippen LogP contribution in [0, 0.1) is 34.8 Å². The van der Waals surface area contributed by atoms with Crippen LogP contribution >= 0.6 is 0 Å². The summed E-state index contributed by atoms with van der Waals surface area (Å²) in [5, 5.41) is 9.33. The molecule has 4 fully saturated rings. The average molecular weight is 400 g/mol. The lowest BCUT2D eigenvalue weighted by Crippen LogP contribution is -2.53. The molecule has 0 spiro atoms.